The fraction of sp³-hybridized carbons (Fsp3) is 0.0455. The molecular weight excluding hydrogens is 386 g/mol. The summed E-state index contributed by atoms with van der Waals surface area (Å²) >= 11 is 0.277. The highest BCUT2D eigenvalue weighted by Crippen LogP contribution is 2.33. The molecule has 0 radical (unpaired) electrons. The van der Waals surface area contributed by atoms with Crippen LogP contribution in [0.25, 0.3) is 22.8 Å². The number of nitrogens with zero attached hydrogens (tertiary/aromatic N) is 1. The molecule has 6 heteroatoms. The van der Waals surface area contributed by atoms with E-state index in [1.807, 2.05) is 31.2 Å². The number of halogens is 4. The van der Waals surface area contributed by atoms with Crippen LogP contribution in [0, 0.1) is 29.2 Å². The zero-order valence-corrected chi connectivity index (χ0v) is 15.5. The average Bonchev–Trinajstić information content (AvgIpc) is 2.70. The van der Waals surface area contributed by atoms with Crippen LogP contribution in [0.15, 0.2) is 65.6 Å². The molecule has 0 aliphatic carbocycles. The minimum atomic E-state index is -1.38. The molecule has 0 amide bonds. The second kappa shape index (κ2) is 8.32. The molecule has 28 heavy (non-hydrogen) atoms. The third kappa shape index (κ3) is 4.10. The van der Waals surface area contributed by atoms with Crippen LogP contribution in [0.3, 0.4) is 0 Å². The summed E-state index contributed by atoms with van der Waals surface area (Å²) in [6, 6.07) is 15.1. The minimum absolute atomic E-state index is 0.0512. The predicted octanol–water partition coefficient (Wildman–Crippen LogP) is 7.28. The van der Waals surface area contributed by atoms with Crippen LogP contribution in [0.1, 0.15) is 16.7 Å². The molecule has 0 unspecified atom stereocenters. The maximum atomic E-state index is 14.5. The van der Waals surface area contributed by atoms with Gasteiger partial charge < -0.3 is 0 Å². The highest BCUT2D eigenvalue weighted by molar-refractivity contribution is 8.03. The normalized spacial score (nSPS) is 11.7. The number of thioether (sulfide) groups is 1. The van der Waals surface area contributed by atoms with Gasteiger partial charge in [0.2, 0.25) is 0 Å². The van der Waals surface area contributed by atoms with E-state index in [4.69, 9.17) is 5.26 Å². The van der Waals surface area contributed by atoms with E-state index in [1.165, 1.54) is 12.1 Å². The quantitative estimate of drug-likeness (QED) is 0.199. The molecule has 0 saturated heterocycles. The first-order chi connectivity index (χ1) is 13.4. The number of thiocyanates is 1. The van der Waals surface area contributed by atoms with Crippen molar-refractivity contribution in [1.82, 2.24) is 0 Å². The van der Waals surface area contributed by atoms with Crippen molar-refractivity contribution in [3.63, 3.8) is 0 Å². The summed E-state index contributed by atoms with van der Waals surface area (Å²) in [4.78, 5) is -0.554. The van der Waals surface area contributed by atoms with E-state index in [1.54, 1.807) is 17.5 Å². The molecule has 0 spiro atoms. The number of nitriles is 1. The summed E-state index contributed by atoms with van der Waals surface area (Å²) in [5.74, 6) is -4.86. The van der Waals surface area contributed by atoms with Gasteiger partial charge in [-0.25, -0.2) is 17.6 Å². The van der Waals surface area contributed by atoms with Gasteiger partial charge in [0.1, 0.15) is 17.0 Å². The standard InChI is InChI=1S/C22H13F4NS/c1-13-2-4-14(5-3-13)15-6-8-16(9-7-15)20(25)21(26)17-10-18(23)22(28-12-27)19(24)11-17/h2-11H,1H3/b21-20+. The van der Waals surface area contributed by atoms with Gasteiger partial charge in [0.25, 0.3) is 0 Å². The second-order valence-corrected chi connectivity index (χ2v) is 6.83. The Hall–Kier alpha value is -3.04. The van der Waals surface area contributed by atoms with Crippen LogP contribution < -0.4 is 0 Å². The molecule has 0 fully saturated rings. The molecule has 0 saturated carbocycles. The molecule has 140 valence electrons. The van der Waals surface area contributed by atoms with E-state index in [0.717, 1.165) is 16.7 Å². The highest BCUT2D eigenvalue weighted by Gasteiger charge is 2.18. The number of hydrogen-bond acceptors (Lipinski definition) is 2. The lowest BCUT2D eigenvalue weighted by Crippen LogP contribution is -1.92. The van der Waals surface area contributed by atoms with Gasteiger partial charge >= 0.3 is 0 Å². The molecular formula is C22H13F4NS. The van der Waals surface area contributed by atoms with Crippen molar-refractivity contribution in [3.05, 3.63) is 89.0 Å². The van der Waals surface area contributed by atoms with Crippen molar-refractivity contribution in [2.75, 3.05) is 0 Å². The van der Waals surface area contributed by atoms with Crippen LogP contribution in [0.5, 0.6) is 0 Å². The van der Waals surface area contributed by atoms with Crippen LogP contribution in [0.4, 0.5) is 17.6 Å². The molecule has 0 aliphatic rings. The van der Waals surface area contributed by atoms with Gasteiger partial charge in [0.15, 0.2) is 11.7 Å². The third-order valence-electron chi connectivity index (χ3n) is 4.12. The molecule has 0 atom stereocenters. The lowest BCUT2D eigenvalue weighted by Gasteiger charge is -2.07. The van der Waals surface area contributed by atoms with Crippen molar-refractivity contribution in [2.45, 2.75) is 11.8 Å². The topological polar surface area (TPSA) is 23.8 Å². The molecule has 0 heterocycles. The van der Waals surface area contributed by atoms with Crippen molar-refractivity contribution in [1.29, 1.82) is 5.26 Å². The van der Waals surface area contributed by atoms with Crippen LogP contribution in [0.2, 0.25) is 0 Å². The SMILES string of the molecule is Cc1ccc(-c2ccc(/C(F)=C(\F)c3cc(F)c(SC#N)c(F)c3)cc2)cc1. The van der Waals surface area contributed by atoms with Gasteiger partial charge in [-0.3, -0.25) is 0 Å². The Balaban J connectivity index is 1.94. The van der Waals surface area contributed by atoms with Crippen LogP contribution >= 0.6 is 11.8 Å². The second-order valence-electron chi connectivity index (χ2n) is 6.03. The number of hydrogen-bond donors (Lipinski definition) is 0. The Kier molecular flexibility index (Phi) is 5.86. The van der Waals surface area contributed by atoms with E-state index < -0.39 is 33.7 Å². The average molecular weight is 399 g/mol. The Morgan fingerprint density at radius 1 is 0.786 bits per heavy atom. The number of benzene rings is 3. The van der Waals surface area contributed by atoms with Crippen molar-refractivity contribution >= 4 is 23.4 Å². The first-order valence-electron chi connectivity index (χ1n) is 8.19. The Morgan fingerprint density at radius 2 is 1.25 bits per heavy atom. The number of rotatable bonds is 4. The van der Waals surface area contributed by atoms with Crippen molar-refractivity contribution in [3.8, 4) is 16.5 Å². The summed E-state index contributed by atoms with van der Waals surface area (Å²) in [6.45, 7) is 1.97. The van der Waals surface area contributed by atoms with Crippen LogP contribution in [-0.4, -0.2) is 0 Å². The first-order valence-corrected chi connectivity index (χ1v) is 9.00. The van der Waals surface area contributed by atoms with Crippen molar-refractivity contribution in [2.24, 2.45) is 0 Å². The fourth-order valence-corrected chi connectivity index (χ4v) is 3.04. The minimum Gasteiger partial charge on any atom is -0.206 e. The fourth-order valence-electron chi connectivity index (χ4n) is 2.64. The summed E-state index contributed by atoms with van der Waals surface area (Å²) < 4.78 is 56.7. The monoisotopic (exact) mass is 399 g/mol. The largest absolute Gasteiger partial charge is 0.206 e. The molecule has 3 aromatic rings. The molecule has 0 aromatic heterocycles. The Morgan fingerprint density at radius 3 is 1.75 bits per heavy atom. The van der Waals surface area contributed by atoms with Gasteiger partial charge in [-0.2, -0.15) is 5.26 Å². The predicted molar refractivity (Wildman–Crippen MR) is 103 cm³/mol. The summed E-state index contributed by atoms with van der Waals surface area (Å²) in [7, 11) is 0. The summed E-state index contributed by atoms with van der Waals surface area (Å²) in [5, 5.41) is 10.1. The molecule has 0 N–H and O–H groups in total. The first kappa shape index (κ1) is 19.7. The van der Waals surface area contributed by atoms with E-state index in [9.17, 15) is 17.6 Å². The van der Waals surface area contributed by atoms with E-state index in [0.29, 0.717) is 12.1 Å². The lowest BCUT2D eigenvalue weighted by molar-refractivity contribution is 0.539. The number of aryl methyl sites for hydroxylation is 1. The van der Waals surface area contributed by atoms with E-state index in [2.05, 4.69) is 0 Å². The van der Waals surface area contributed by atoms with E-state index >= 15 is 0 Å². The zero-order chi connectivity index (χ0) is 20.3. The van der Waals surface area contributed by atoms with Gasteiger partial charge in [0, 0.05) is 11.1 Å². The Bertz CT molecular complexity index is 1060. The smallest absolute Gasteiger partial charge is 0.166 e. The molecule has 0 aliphatic heterocycles. The lowest BCUT2D eigenvalue weighted by atomic mass is 10.0. The maximum absolute atomic E-state index is 14.5. The molecule has 0 bridgehead atoms. The molecule has 1 nitrogen and oxygen atoms in total. The van der Waals surface area contributed by atoms with Gasteiger partial charge in [-0.05, 0) is 41.9 Å². The Labute approximate surface area is 163 Å². The third-order valence-corrected chi connectivity index (χ3v) is 4.80. The molecule has 3 aromatic carbocycles. The van der Waals surface area contributed by atoms with Gasteiger partial charge in [0.05, 0.1) is 4.90 Å². The summed E-state index contributed by atoms with van der Waals surface area (Å²) in [6.07, 6.45) is 0. The van der Waals surface area contributed by atoms with E-state index in [-0.39, 0.29) is 17.3 Å². The highest BCUT2D eigenvalue weighted by atomic mass is 32.2. The van der Waals surface area contributed by atoms with Crippen molar-refractivity contribution < 1.29 is 17.6 Å². The maximum Gasteiger partial charge on any atom is 0.166 e. The molecule has 3 rings (SSSR count). The van der Waals surface area contributed by atoms with Gasteiger partial charge in [-0.15, -0.1) is 0 Å². The van der Waals surface area contributed by atoms with Gasteiger partial charge in [-0.1, -0.05) is 54.1 Å². The van der Waals surface area contributed by atoms with Crippen LogP contribution in [-0.2, 0) is 0 Å². The summed E-state index contributed by atoms with van der Waals surface area (Å²) in [5.41, 5.74) is 2.24. The zero-order valence-electron chi connectivity index (χ0n) is 14.6.